The summed E-state index contributed by atoms with van der Waals surface area (Å²) in [7, 11) is -1.88. The van der Waals surface area contributed by atoms with Gasteiger partial charge in [-0.05, 0) is 50.9 Å². The Kier molecular flexibility index (Phi) is 5.56. The predicted molar refractivity (Wildman–Crippen MR) is 93.6 cm³/mol. The molecule has 1 atom stereocenters. The van der Waals surface area contributed by atoms with E-state index in [1.165, 1.54) is 0 Å². The van der Waals surface area contributed by atoms with Crippen LogP contribution in [0.25, 0.3) is 0 Å². The molecule has 0 unspecified atom stereocenters. The third kappa shape index (κ3) is 5.13. The second kappa shape index (κ2) is 6.36. The van der Waals surface area contributed by atoms with E-state index < -0.39 is 13.9 Å². The summed E-state index contributed by atoms with van der Waals surface area (Å²) in [6.07, 6.45) is 0.435. The Morgan fingerprint density at radius 3 is 2.23 bits per heavy atom. The van der Waals surface area contributed by atoms with Crippen molar-refractivity contribution < 1.29 is 14.0 Å². The molecule has 4 nitrogen and oxygen atoms in total. The minimum Gasteiger partial charge on any atom is -0.444 e. The molecule has 1 amide bonds. The number of amides is 1. The van der Waals surface area contributed by atoms with Crippen LogP contribution in [0.5, 0.6) is 0 Å². The van der Waals surface area contributed by atoms with Crippen LogP contribution in [0.15, 0.2) is 12.2 Å². The van der Waals surface area contributed by atoms with Gasteiger partial charge in [0.2, 0.25) is 0 Å². The second-order valence-electron chi connectivity index (χ2n) is 8.70. The van der Waals surface area contributed by atoms with Crippen molar-refractivity contribution in [3.8, 4) is 0 Å². The molecule has 1 saturated heterocycles. The first-order valence-electron chi connectivity index (χ1n) is 8.06. The van der Waals surface area contributed by atoms with Crippen molar-refractivity contribution >= 4 is 14.4 Å². The van der Waals surface area contributed by atoms with Crippen LogP contribution in [0.3, 0.4) is 0 Å². The molecule has 0 spiro atoms. The molecule has 0 aromatic carbocycles. The molecule has 1 fully saturated rings. The highest BCUT2D eigenvalue weighted by atomic mass is 28.4. The highest BCUT2D eigenvalue weighted by Crippen LogP contribution is 2.38. The van der Waals surface area contributed by atoms with Crippen LogP contribution in [-0.4, -0.2) is 44.1 Å². The van der Waals surface area contributed by atoms with Crippen LogP contribution in [0, 0.1) is 0 Å². The zero-order valence-electron chi connectivity index (χ0n) is 15.6. The van der Waals surface area contributed by atoms with Gasteiger partial charge in [-0.3, -0.25) is 0 Å². The van der Waals surface area contributed by atoms with Crippen LogP contribution < -0.4 is 0 Å². The maximum absolute atomic E-state index is 12.3. The Hall–Kier alpha value is -0.813. The van der Waals surface area contributed by atoms with Crippen molar-refractivity contribution in [1.29, 1.82) is 0 Å². The molecule has 0 bridgehead atoms. The van der Waals surface area contributed by atoms with E-state index in [-0.39, 0.29) is 17.2 Å². The van der Waals surface area contributed by atoms with Gasteiger partial charge >= 0.3 is 6.09 Å². The van der Waals surface area contributed by atoms with Crippen molar-refractivity contribution in [3.05, 3.63) is 12.2 Å². The fourth-order valence-electron chi connectivity index (χ4n) is 2.01. The zero-order valence-corrected chi connectivity index (χ0v) is 16.6. The smallest absolute Gasteiger partial charge is 0.410 e. The van der Waals surface area contributed by atoms with E-state index in [1.54, 1.807) is 4.90 Å². The van der Waals surface area contributed by atoms with Gasteiger partial charge in [0.25, 0.3) is 0 Å². The summed E-state index contributed by atoms with van der Waals surface area (Å²) in [5, 5.41) is 0.140. The molecule has 0 N–H and O–H groups in total. The molecule has 1 aliphatic heterocycles. The number of rotatable bonds is 2. The predicted octanol–water partition coefficient (Wildman–Crippen LogP) is 4.57. The van der Waals surface area contributed by atoms with E-state index in [0.29, 0.717) is 13.1 Å². The number of carbonyl (C=O) groups excluding carboxylic acids is 1. The largest absolute Gasteiger partial charge is 0.444 e. The first-order chi connectivity index (χ1) is 9.73. The van der Waals surface area contributed by atoms with Crippen LogP contribution in [-0.2, 0) is 9.16 Å². The highest BCUT2D eigenvalue weighted by molar-refractivity contribution is 6.74. The van der Waals surface area contributed by atoms with Crippen LogP contribution in [0.4, 0.5) is 4.79 Å². The molecular weight excluding hydrogens is 294 g/mol. The number of nitrogens with zero attached hydrogens (tertiary/aromatic N) is 1. The van der Waals surface area contributed by atoms with Gasteiger partial charge in [0.05, 0.1) is 12.6 Å². The molecule has 0 radical (unpaired) electrons. The monoisotopic (exact) mass is 327 g/mol. The molecule has 0 aliphatic carbocycles. The van der Waals surface area contributed by atoms with E-state index in [4.69, 9.17) is 9.16 Å². The van der Waals surface area contributed by atoms with Gasteiger partial charge in [-0.25, -0.2) is 4.79 Å². The maximum Gasteiger partial charge on any atom is 0.410 e. The minimum atomic E-state index is -1.88. The summed E-state index contributed by atoms with van der Waals surface area (Å²) in [5.74, 6) is 0. The molecule has 1 heterocycles. The van der Waals surface area contributed by atoms with Gasteiger partial charge in [-0.15, -0.1) is 0 Å². The van der Waals surface area contributed by atoms with Crippen molar-refractivity contribution in [2.75, 3.05) is 13.1 Å². The normalized spacial score (nSPS) is 21.0. The lowest BCUT2D eigenvalue weighted by Gasteiger charge is -2.43. The van der Waals surface area contributed by atoms with Gasteiger partial charge in [-0.1, -0.05) is 27.4 Å². The standard InChI is InChI=1S/C17H33NO3Si/c1-13-10-11-18(15(19)20-16(2,3)4)12-14(13)21-22(8,9)17(5,6)7/h14H,1,10-12H2,2-9H3/t14-/m0/s1. The number of ether oxygens (including phenoxy) is 1. The summed E-state index contributed by atoms with van der Waals surface area (Å²) in [6.45, 7) is 22.1. The third-order valence-electron chi connectivity index (χ3n) is 4.44. The van der Waals surface area contributed by atoms with Gasteiger partial charge in [0, 0.05) is 6.54 Å². The summed E-state index contributed by atoms with van der Waals surface area (Å²) in [5.41, 5.74) is 0.617. The Morgan fingerprint density at radius 1 is 1.23 bits per heavy atom. The molecular formula is C17H33NO3Si. The molecule has 1 rings (SSSR count). The molecule has 1 aliphatic rings. The van der Waals surface area contributed by atoms with Crippen LogP contribution >= 0.6 is 0 Å². The van der Waals surface area contributed by atoms with E-state index in [9.17, 15) is 4.79 Å². The number of carbonyl (C=O) groups is 1. The van der Waals surface area contributed by atoms with Gasteiger partial charge in [-0.2, -0.15) is 0 Å². The maximum atomic E-state index is 12.3. The summed E-state index contributed by atoms with van der Waals surface area (Å²) in [4.78, 5) is 14.0. The second-order valence-corrected chi connectivity index (χ2v) is 13.5. The average Bonchev–Trinajstić information content (AvgIpc) is 2.27. The lowest BCUT2D eigenvalue weighted by molar-refractivity contribution is 0.0137. The first kappa shape index (κ1) is 19.2. The van der Waals surface area contributed by atoms with E-state index in [1.807, 2.05) is 20.8 Å². The zero-order chi connectivity index (χ0) is 17.3. The van der Waals surface area contributed by atoms with E-state index in [0.717, 1.165) is 12.0 Å². The average molecular weight is 328 g/mol. The molecule has 5 heteroatoms. The minimum absolute atomic E-state index is 0.0813. The molecule has 0 aromatic rings. The van der Waals surface area contributed by atoms with Crippen molar-refractivity contribution in [2.24, 2.45) is 0 Å². The summed E-state index contributed by atoms with van der Waals surface area (Å²) >= 11 is 0. The highest BCUT2D eigenvalue weighted by Gasteiger charge is 2.41. The quantitative estimate of drug-likeness (QED) is 0.551. The molecule has 128 valence electrons. The van der Waals surface area contributed by atoms with Crippen LogP contribution in [0.1, 0.15) is 48.0 Å². The Labute approximate surface area is 137 Å². The van der Waals surface area contributed by atoms with E-state index >= 15 is 0 Å². The lowest BCUT2D eigenvalue weighted by Crippen LogP contribution is -2.51. The number of hydrogen-bond acceptors (Lipinski definition) is 3. The molecule has 0 aromatic heterocycles. The number of likely N-dealkylation sites (tertiary alicyclic amines) is 1. The number of piperidine rings is 1. The Morgan fingerprint density at radius 2 is 1.77 bits per heavy atom. The summed E-state index contributed by atoms with van der Waals surface area (Å²) < 4.78 is 11.9. The van der Waals surface area contributed by atoms with Crippen LogP contribution in [0.2, 0.25) is 18.1 Å². The third-order valence-corrected chi connectivity index (χ3v) is 8.93. The molecule has 22 heavy (non-hydrogen) atoms. The summed E-state index contributed by atoms with van der Waals surface area (Å²) in [6, 6.07) is 0. The van der Waals surface area contributed by atoms with Crippen molar-refractivity contribution in [1.82, 2.24) is 4.90 Å². The fourth-order valence-corrected chi connectivity index (χ4v) is 3.31. The number of hydrogen-bond donors (Lipinski definition) is 0. The topological polar surface area (TPSA) is 38.8 Å². The van der Waals surface area contributed by atoms with Gasteiger partial charge in [0.1, 0.15) is 5.60 Å². The van der Waals surface area contributed by atoms with E-state index in [2.05, 4.69) is 40.4 Å². The molecule has 0 saturated carbocycles. The van der Waals surface area contributed by atoms with Gasteiger partial charge < -0.3 is 14.1 Å². The Balaban J connectivity index is 2.76. The fraction of sp³-hybridized carbons (Fsp3) is 0.824. The Bertz CT molecular complexity index is 432. The SMILES string of the molecule is C=C1CCN(C(=O)OC(C)(C)C)C[C@@H]1O[Si](C)(C)C(C)(C)C. The first-order valence-corrected chi connectivity index (χ1v) is 11.0. The van der Waals surface area contributed by atoms with Gasteiger partial charge in [0.15, 0.2) is 8.32 Å². The lowest BCUT2D eigenvalue weighted by atomic mass is 10.0. The van der Waals surface area contributed by atoms with Crippen molar-refractivity contribution in [3.63, 3.8) is 0 Å². The van der Waals surface area contributed by atoms with Crippen molar-refractivity contribution in [2.45, 2.75) is 77.8 Å².